The van der Waals surface area contributed by atoms with E-state index in [4.69, 9.17) is 0 Å². The van der Waals surface area contributed by atoms with Crippen molar-refractivity contribution in [1.29, 1.82) is 0 Å². The van der Waals surface area contributed by atoms with E-state index in [2.05, 4.69) is 4.98 Å². The number of hydrogen-bond acceptors (Lipinski definition) is 1. The average molecular weight is 211 g/mol. The van der Waals surface area contributed by atoms with Gasteiger partial charge in [0.25, 0.3) is 0 Å². The van der Waals surface area contributed by atoms with E-state index in [1.165, 1.54) is 12.3 Å². The van der Waals surface area contributed by atoms with Crippen LogP contribution in [0.1, 0.15) is 11.3 Å². The van der Waals surface area contributed by atoms with Crippen LogP contribution in [0.15, 0.2) is 30.5 Å². The van der Waals surface area contributed by atoms with Gasteiger partial charge in [0, 0.05) is 17.3 Å². The highest BCUT2D eigenvalue weighted by Crippen LogP contribution is 2.31. The van der Waals surface area contributed by atoms with Crippen molar-refractivity contribution < 1.29 is 13.2 Å². The van der Waals surface area contributed by atoms with Gasteiger partial charge in [0.2, 0.25) is 0 Å². The number of halogens is 3. The first-order valence-electron chi connectivity index (χ1n) is 4.40. The molecular weight excluding hydrogens is 203 g/mol. The predicted octanol–water partition coefficient (Wildman–Crippen LogP) is 3.56. The summed E-state index contributed by atoms with van der Waals surface area (Å²) in [6, 6.07) is 5.42. The van der Waals surface area contributed by atoms with Gasteiger partial charge >= 0.3 is 6.18 Å². The van der Waals surface area contributed by atoms with Crippen molar-refractivity contribution in [3.8, 4) is 0 Å². The van der Waals surface area contributed by atoms with E-state index in [9.17, 15) is 13.2 Å². The Morgan fingerprint density at radius 1 is 1.07 bits per heavy atom. The molecule has 2 rings (SSSR count). The van der Waals surface area contributed by atoms with Crippen molar-refractivity contribution in [2.75, 3.05) is 0 Å². The lowest BCUT2D eigenvalue weighted by Crippen LogP contribution is -2.04. The zero-order valence-electron chi connectivity index (χ0n) is 7.97. The first kappa shape index (κ1) is 9.96. The van der Waals surface area contributed by atoms with Crippen LogP contribution in [0, 0.1) is 6.92 Å². The van der Waals surface area contributed by atoms with Gasteiger partial charge in [0.05, 0.1) is 5.56 Å². The predicted molar refractivity (Wildman–Crippen MR) is 51.5 cm³/mol. The van der Waals surface area contributed by atoms with Crippen molar-refractivity contribution in [3.63, 3.8) is 0 Å². The van der Waals surface area contributed by atoms with Gasteiger partial charge in [-0.15, -0.1) is 0 Å². The molecule has 0 unspecified atom stereocenters. The number of rotatable bonds is 0. The third-order valence-electron chi connectivity index (χ3n) is 2.19. The second kappa shape index (κ2) is 3.22. The molecule has 0 bridgehead atoms. The summed E-state index contributed by atoms with van der Waals surface area (Å²) >= 11 is 0. The lowest BCUT2D eigenvalue weighted by Gasteiger charge is -2.07. The molecular formula is C11H8F3N. The van der Waals surface area contributed by atoms with Gasteiger partial charge in [-0.25, -0.2) is 0 Å². The molecule has 78 valence electrons. The van der Waals surface area contributed by atoms with Crippen molar-refractivity contribution in [2.24, 2.45) is 0 Å². The zero-order chi connectivity index (χ0) is 11.1. The lowest BCUT2D eigenvalue weighted by molar-refractivity contribution is -0.137. The van der Waals surface area contributed by atoms with Crippen LogP contribution in [0.2, 0.25) is 0 Å². The van der Waals surface area contributed by atoms with E-state index >= 15 is 0 Å². The molecule has 0 fully saturated rings. The van der Waals surface area contributed by atoms with Gasteiger partial charge in [0.15, 0.2) is 0 Å². The molecule has 4 heteroatoms. The Labute approximate surface area is 84.6 Å². The number of aryl methyl sites for hydroxylation is 1. The third-order valence-corrected chi connectivity index (χ3v) is 2.19. The summed E-state index contributed by atoms with van der Waals surface area (Å²) in [6.45, 7) is 1.80. The van der Waals surface area contributed by atoms with Gasteiger partial charge in [-0.2, -0.15) is 13.2 Å². The molecule has 0 aliphatic rings. The summed E-state index contributed by atoms with van der Waals surface area (Å²) in [6.07, 6.45) is -2.83. The first-order chi connectivity index (χ1) is 6.97. The van der Waals surface area contributed by atoms with Crippen LogP contribution in [0.5, 0.6) is 0 Å². The quantitative estimate of drug-likeness (QED) is 0.649. The van der Waals surface area contributed by atoms with E-state index in [1.54, 1.807) is 13.0 Å². The highest BCUT2D eigenvalue weighted by atomic mass is 19.4. The molecule has 0 radical (unpaired) electrons. The molecule has 1 aromatic carbocycles. The minimum Gasteiger partial charge on any atom is -0.261 e. The molecule has 1 nitrogen and oxygen atoms in total. The van der Waals surface area contributed by atoms with E-state index in [1.807, 2.05) is 0 Å². The Morgan fingerprint density at radius 3 is 2.47 bits per heavy atom. The number of alkyl halides is 3. The maximum atomic E-state index is 12.4. The number of benzene rings is 1. The van der Waals surface area contributed by atoms with Gasteiger partial charge in [-0.05, 0) is 30.5 Å². The molecule has 0 saturated carbocycles. The Hall–Kier alpha value is -1.58. The average Bonchev–Trinajstić information content (AvgIpc) is 2.15. The highest BCUT2D eigenvalue weighted by molar-refractivity contribution is 5.82. The van der Waals surface area contributed by atoms with Gasteiger partial charge in [-0.3, -0.25) is 4.98 Å². The lowest BCUT2D eigenvalue weighted by atomic mass is 10.1. The van der Waals surface area contributed by atoms with Gasteiger partial charge in [0.1, 0.15) is 0 Å². The summed E-state index contributed by atoms with van der Waals surface area (Å²) < 4.78 is 37.1. The Morgan fingerprint density at radius 2 is 1.80 bits per heavy atom. The van der Waals surface area contributed by atoms with Crippen LogP contribution in [0.4, 0.5) is 13.2 Å². The number of hydrogen-bond donors (Lipinski definition) is 0. The van der Waals surface area contributed by atoms with E-state index in [0.717, 1.165) is 23.2 Å². The third kappa shape index (κ3) is 1.93. The standard InChI is InChI=1S/C11H8F3N/c1-7-4-8-2-3-10(11(12,13)14)5-9(8)6-15-7/h2-6H,1H3. The summed E-state index contributed by atoms with van der Waals surface area (Å²) in [5.74, 6) is 0. The molecule has 0 spiro atoms. The summed E-state index contributed by atoms with van der Waals surface area (Å²) in [5, 5.41) is 1.28. The number of aromatic nitrogens is 1. The van der Waals surface area contributed by atoms with Crippen LogP contribution in [0.3, 0.4) is 0 Å². The normalized spacial score (nSPS) is 12.0. The molecule has 0 aliphatic heterocycles. The first-order valence-corrected chi connectivity index (χ1v) is 4.40. The minimum atomic E-state index is -4.29. The zero-order valence-corrected chi connectivity index (χ0v) is 7.97. The molecule has 0 N–H and O–H groups in total. The molecule has 0 saturated heterocycles. The number of fused-ring (bicyclic) bond motifs is 1. The summed E-state index contributed by atoms with van der Waals surface area (Å²) in [4.78, 5) is 3.96. The maximum absolute atomic E-state index is 12.4. The fraction of sp³-hybridized carbons (Fsp3) is 0.182. The molecule has 1 heterocycles. The molecule has 0 aliphatic carbocycles. The molecule has 0 amide bonds. The van der Waals surface area contributed by atoms with E-state index < -0.39 is 11.7 Å². The number of pyridine rings is 1. The SMILES string of the molecule is Cc1cc2ccc(C(F)(F)F)cc2cn1. The Kier molecular flexibility index (Phi) is 2.14. The van der Waals surface area contributed by atoms with Gasteiger partial charge < -0.3 is 0 Å². The number of nitrogens with zero attached hydrogens (tertiary/aromatic N) is 1. The Balaban J connectivity index is 2.62. The van der Waals surface area contributed by atoms with Crippen LogP contribution in [-0.2, 0) is 6.18 Å². The second-order valence-electron chi connectivity index (χ2n) is 3.39. The van der Waals surface area contributed by atoms with Crippen molar-refractivity contribution >= 4 is 10.8 Å². The van der Waals surface area contributed by atoms with Gasteiger partial charge in [-0.1, -0.05) is 6.07 Å². The van der Waals surface area contributed by atoms with Crippen molar-refractivity contribution in [3.05, 3.63) is 41.7 Å². The van der Waals surface area contributed by atoms with Crippen LogP contribution < -0.4 is 0 Å². The summed E-state index contributed by atoms with van der Waals surface area (Å²) in [5.41, 5.74) is 0.155. The van der Waals surface area contributed by atoms with Crippen LogP contribution >= 0.6 is 0 Å². The monoisotopic (exact) mass is 211 g/mol. The molecule has 2 aromatic rings. The Bertz CT molecular complexity index is 503. The van der Waals surface area contributed by atoms with Crippen molar-refractivity contribution in [2.45, 2.75) is 13.1 Å². The van der Waals surface area contributed by atoms with E-state index in [-0.39, 0.29) is 0 Å². The van der Waals surface area contributed by atoms with Crippen LogP contribution in [0.25, 0.3) is 10.8 Å². The maximum Gasteiger partial charge on any atom is 0.416 e. The fourth-order valence-electron chi connectivity index (χ4n) is 1.43. The smallest absolute Gasteiger partial charge is 0.261 e. The fourth-order valence-corrected chi connectivity index (χ4v) is 1.43. The van der Waals surface area contributed by atoms with E-state index in [0.29, 0.717) is 5.39 Å². The van der Waals surface area contributed by atoms with Crippen LogP contribution in [-0.4, -0.2) is 4.98 Å². The largest absolute Gasteiger partial charge is 0.416 e. The molecule has 15 heavy (non-hydrogen) atoms. The molecule has 1 aromatic heterocycles. The summed E-state index contributed by atoms with van der Waals surface area (Å²) in [7, 11) is 0. The minimum absolute atomic E-state index is 0.510. The van der Waals surface area contributed by atoms with Crippen molar-refractivity contribution in [1.82, 2.24) is 4.98 Å². The second-order valence-corrected chi connectivity index (χ2v) is 3.39. The molecule has 0 atom stereocenters. The topological polar surface area (TPSA) is 12.9 Å². The highest BCUT2D eigenvalue weighted by Gasteiger charge is 2.30.